The van der Waals surface area contributed by atoms with Gasteiger partial charge in [0.25, 0.3) is 0 Å². The molecule has 3 heteroatoms. The monoisotopic (exact) mass is 203 g/mol. The molecule has 1 aromatic carbocycles. The van der Waals surface area contributed by atoms with Gasteiger partial charge in [-0.15, -0.1) is 0 Å². The van der Waals surface area contributed by atoms with Gasteiger partial charge < -0.3 is 4.74 Å². The molecule has 2 rings (SSSR count). The van der Waals surface area contributed by atoms with E-state index in [0.29, 0.717) is 16.9 Å². The van der Waals surface area contributed by atoms with Crippen molar-refractivity contribution in [1.29, 1.82) is 0 Å². The summed E-state index contributed by atoms with van der Waals surface area (Å²) in [6, 6.07) is 10.7. The maximum absolute atomic E-state index is 13.4. The molecule has 0 bridgehead atoms. The first-order chi connectivity index (χ1) is 7.33. The van der Waals surface area contributed by atoms with Crippen LogP contribution in [0.4, 0.5) is 4.39 Å². The Morgan fingerprint density at radius 1 is 1.07 bits per heavy atom. The standard InChI is InChI=1S/C12H10FNO/c1-15-11-7-3-2-5-9(11)10-6-4-8-14-12(10)13/h2-8H,1H3. The fourth-order valence-electron chi connectivity index (χ4n) is 1.45. The molecule has 0 fully saturated rings. The number of methoxy groups -OCH3 is 1. The van der Waals surface area contributed by atoms with Crippen molar-refractivity contribution in [3.8, 4) is 16.9 Å². The summed E-state index contributed by atoms with van der Waals surface area (Å²) in [5.41, 5.74) is 1.17. The van der Waals surface area contributed by atoms with Crippen LogP contribution < -0.4 is 4.74 Å². The molecular formula is C12H10FNO. The molecule has 0 aliphatic rings. The zero-order valence-corrected chi connectivity index (χ0v) is 8.27. The van der Waals surface area contributed by atoms with E-state index in [1.165, 1.54) is 6.20 Å². The van der Waals surface area contributed by atoms with Crippen molar-refractivity contribution >= 4 is 0 Å². The van der Waals surface area contributed by atoms with Gasteiger partial charge in [0.2, 0.25) is 5.95 Å². The summed E-state index contributed by atoms with van der Waals surface area (Å²) in [6.45, 7) is 0. The van der Waals surface area contributed by atoms with Crippen LogP contribution >= 0.6 is 0 Å². The third-order valence-electron chi connectivity index (χ3n) is 2.16. The Bertz CT molecular complexity index is 471. The zero-order chi connectivity index (χ0) is 10.7. The summed E-state index contributed by atoms with van der Waals surface area (Å²) in [7, 11) is 1.56. The highest BCUT2D eigenvalue weighted by atomic mass is 19.1. The molecule has 1 aromatic heterocycles. The van der Waals surface area contributed by atoms with Crippen LogP contribution in [0.3, 0.4) is 0 Å². The second kappa shape index (κ2) is 4.09. The van der Waals surface area contributed by atoms with E-state index in [9.17, 15) is 4.39 Å². The lowest BCUT2D eigenvalue weighted by atomic mass is 10.1. The van der Waals surface area contributed by atoms with Crippen LogP contribution in [0.1, 0.15) is 0 Å². The first kappa shape index (κ1) is 9.65. The van der Waals surface area contributed by atoms with Gasteiger partial charge >= 0.3 is 0 Å². The number of hydrogen-bond acceptors (Lipinski definition) is 2. The molecule has 2 aromatic rings. The molecule has 0 aliphatic heterocycles. The topological polar surface area (TPSA) is 22.1 Å². The minimum atomic E-state index is -0.484. The lowest BCUT2D eigenvalue weighted by molar-refractivity contribution is 0.416. The van der Waals surface area contributed by atoms with Crippen molar-refractivity contribution in [2.45, 2.75) is 0 Å². The summed E-state index contributed by atoms with van der Waals surface area (Å²) in [6.07, 6.45) is 1.42. The number of ether oxygens (including phenoxy) is 1. The quantitative estimate of drug-likeness (QED) is 0.700. The summed E-state index contributed by atoms with van der Waals surface area (Å²) < 4.78 is 18.6. The SMILES string of the molecule is COc1ccccc1-c1cccnc1F. The second-order valence-corrected chi connectivity index (χ2v) is 3.04. The van der Waals surface area contributed by atoms with Gasteiger partial charge in [0.05, 0.1) is 7.11 Å². The molecule has 0 amide bonds. The van der Waals surface area contributed by atoms with Gasteiger partial charge in [0.15, 0.2) is 0 Å². The molecule has 15 heavy (non-hydrogen) atoms. The summed E-state index contributed by atoms with van der Waals surface area (Å²) in [5.74, 6) is 0.159. The van der Waals surface area contributed by atoms with Gasteiger partial charge in [0.1, 0.15) is 5.75 Å². The molecule has 76 valence electrons. The fourth-order valence-corrected chi connectivity index (χ4v) is 1.45. The molecule has 2 nitrogen and oxygen atoms in total. The van der Waals surface area contributed by atoms with Crippen molar-refractivity contribution in [2.75, 3.05) is 7.11 Å². The number of halogens is 1. The first-order valence-corrected chi connectivity index (χ1v) is 4.57. The van der Waals surface area contributed by atoms with Crippen LogP contribution in [0.5, 0.6) is 5.75 Å². The maximum atomic E-state index is 13.4. The predicted molar refractivity (Wildman–Crippen MR) is 56.2 cm³/mol. The van der Waals surface area contributed by atoms with Gasteiger partial charge in [0, 0.05) is 17.3 Å². The molecule has 0 saturated carbocycles. The molecule has 0 N–H and O–H groups in total. The number of aromatic nitrogens is 1. The van der Waals surface area contributed by atoms with Crippen molar-refractivity contribution in [3.63, 3.8) is 0 Å². The number of hydrogen-bond donors (Lipinski definition) is 0. The number of pyridine rings is 1. The molecule has 1 heterocycles. The highest BCUT2D eigenvalue weighted by Crippen LogP contribution is 2.30. The summed E-state index contributed by atoms with van der Waals surface area (Å²) >= 11 is 0. The lowest BCUT2D eigenvalue weighted by Gasteiger charge is -2.07. The number of nitrogens with zero attached hydrogens (tertiary/aromatic N) is 1. The van der Waals surface area contributed by atoms with E-state index in [1.807, 2.05) is 12.1 Å². The molecule has 0 atom stereocenters. The Balaban J connectivity index is 2.59. The van der Waals surface area contributed by atoms with Crippen molar-refractivity contribution in [3.05, 3.63) is 48.5 Å². The zero-order valence-electron chi connectivity index (χ0n) is 8.27. The van der Waals surface area contributed by atoms with E-state index in [2.05, 4.69) is 4.98 Å². The fraction of sp³-hybridized carbons (Fsp3) is 0.0833. The van der Waals surface area contributed by atoms with Crippen LogP contribution in [0, 0.1) is 5.95 Å². The van der Waals surface area contributed by atoms with Gasteiger partial charge in [-0.2, -0.15) is 4.39 Å². The Morgan fingerprint density at radius 2 is 1.80 bits per heavy atom. The van der Waals surface area contributed by atoms with E-state index < -0.39 is 5.95 Å². The molecule has 0 unspecified atom stereocenters. The first-order valence-electron chi connectivity index (χ1n) is 4.57. The molecule has 0 spiro atoms. The van der Waals surface area contributed by atoms with Crippen molar-refractivity contribution in [2.24, 2.45) is 0 Å². The second-order valence-electron chi connectivity index (χ2n) is 3.04. The number of para-hydroxylation sites is 1. The Kier molecular flexibility index (Phi) is 2.63. The third kappa shape index (κ3) is 1.81. The molecular weight excluding hydrogens is 193 g/mol. The minimum absolute atomic E-state index is 0.454. The molecule has 0 radical (unpaired) electrons. The minimum Gasteiger partial charge on any atom is -0.496 e. The van der Waals surface area contributed by atoms with Crippen LogP contribution in [0.2, 0.25) is 0 Å². The average molecular weight is 203 g/mol. The van der Waals surface area contributed by atoms with Gasteiger partial charge in [-0.05, 0) is 18.2 Å². The van der Waals surface area contributed by atoms with Gasteiger partial charge in [-0.3, -0.25) is 0 Å². The highest BCUT2D eigenvalue weighted by Gasteiger charge is 2.09. The van der Waals surface area contributed by atoms with Crippen LogP contribution in [-0.2, 0) is 0 Å². The maximum Gasteiger partial charge on any atom is 0.220 e. The number of benzene rings is 1. The molecule has 0 saturated heterocycles. The summed E-state index contributed by atoms with van der Waals surface area (Å²) in [4.78, 5) is 3.61. The highest BCUT2D eigenvalue weighted by molar-refractivity contribution is 5.69. The van der Waals surface area contributed by atoms with E-state index in [4.69, 9.17) is 4.74 Å². The third-order valence-corrected chi connectivity index (χ3v) is 2.16. The lowest BCUT2D eigenvalue weighted by Crippen LogP contribution is -1.91. The average Bonchev–Trinajstić information content (AvgIpc) is 2.30. The van der Waals surface area contributed by atoms with Gasteiger partial charge in [-0.25, -0.2) is 4.98 Å². The van der Waals surface area contributed by atoms with E-state index >= 15 is 0 Å². The van der Waals surface area contributed by atoms with Crippen LogP contribution in [-0.4, -0.2) is 12.1 Å². The van der Waals surface area contributed by atoms with Gasteiger partial charge in [-0.1, -0.05) is 18.2 Å². The van der Waals surface area contributed by atoms with E-state index in [0.717, 1.165) is 0 Å². The van der Waals surface area contributed by atoms with Crippen LogP contribution in [0.15, 0.2) is 42.6 Å². The normalized spacial score (nSPS) is 10.0. The Morgan fingerprint density at radius 3 is 2.53 bits per heavy atom. The smallest absolute Gasteiger partial charge is 0.220 e. The largest absolute Gasteiger partial charge is 0.496 e. The van der Waals surface area contributed by atoms with Crippen molar-refractivity contribution < 1.29 is 9.13 Å². The van der Waals surface area contributed by atoms with Crippen LogP contribution in [0.25, 0.3) is 11.1 Å². The van der Waals surface area contributed by atoms with E-state index in [-0.39, 0.29) is 0 Å². The van der Waals surface area contributed by atoms with Crippen molar-refractivity contribution in [1.82, 2.24) is 4.98 Å². The number of rotatable bonds is 2. The summed E-state index contributed by atoms with van der Waals surface area (Å²) in [5, 5.41) is 0. The Hall–Kier alpha value is -1.90. The molecule has 0 aliphatic carbocycles. The van der Waals surface area contributed by atoms with E-state index in [1.54, 1.807) is 31.4 Å². The Labute approximate surface area is 87.4 Å². The predicted octanol–water partition coefficient (Wildman–Crippen LogP) is 2.90.